The summed E-state index contributed by atoms with van der Waals surface area (Å²) in [5.74, 6) is 0.636. The maximum Gasteiger partial charge on any atom is 0.172 e. The minimum Gasteiger partial charge on any atom is -0.224 e. The molecule has 1 aliphatic carbocycles. The zero-order valence-corrected chi connectivity index (χ0v) is 6.97. The number of rotatable bonds is 0. The lowest BCUT2D eigenvalue weighted by Crippen LogP contribution is -2.08. The predicted octanol–water partition coefficient (Wildman–Crippen LogP) is 1.26. The largest absolute Gasteiger partial charge is 0.224 e. The van der Waals surface area contributed by atoms with Crippen LogP contribution in [0.4, 0.5) is 0 Å². The molecule has 2 aliphatic rings. The average Bonchev–Trinajstić information content (AvgIpc) is 2.21. The van der Waals surface area contributed by atoms with Crippen LogP contribution in [-0.2, 0) is 9.84 Å². The second kappa shape index (κ2) is 2.21. The molecule has 0 aromatic carbocycles. The third kappa shape index (κ3) is 1.25. The van der Waals surface area contributed by atoms with Gasteiger partial charge in [0.05, 0.1) is 5.75 Å². The van der Waals surface area contributed by atoms with Gasteiger partial charge in [-0.05, 0) is 24.3 Å². The van der Waals surface area contributed by atoms with Crippen LogP contribution in [0.3, 0.4) is 0 Å². The van der Waals surface area contributed by atoms with E-state index in [1.165, 1.54) is 5.41 Å². The SMILES string of the molecule is O=S1(=O)C=C2C=CCC[C@H]2C1. The Balaban J connectivity index is 2.41. The smallest absolute Gasteiger partial charge is 0.172 e. The summed E-state index contributed by atoms with van der Waals surface area (Å²) >= 11 is 0. The first-order valence-corrected chi connectivity index (χ1v) is 5.50. The highest BCUT2D eigenvalue weighted by Crippen LogP contribution is 2.31. The molecule has 2 rings (SSSR count). The molecule has 0 radical (unpaired) electrons. The van der Waals surface area contributed by atoms with Crippen molar-refractivity contribution in [3.63, 3.8) is 0 Å². The van der Waals surface area contributed by atoms with E-state index >= 15 is 0 Å². The fraction of sp³-hybridized carbons (Fsp3) is 0.500. The minimum atomic E-state index is -2.84. The summed E-state index contributed by atoms with van der Waals surface area (Å²) in [6.07, 6.45) is 6.01. The van der Waals surface area contributed by atoms with Crippen molar-refractivity contribution < 1.29 is 8.42 Å². The van der Waals surface area contributed by atoms with E-state index in [-0.39, 0.29) is 0 Å². The lowest BCUT2D eigenvalue weighted by Gasteiger charge is -2.12. The Kier molecular flexibility index (Phi) is 1.42. The van der Waals surface area contributed by atoms with E-state index in [9.17, 15) is 8.42 Å². The van der Waals surface area contributed by atoms with Gasteiger partial charge in [0.2, 0.25) is 0 Å². The summed E-state index contributed by atoms with van der Waals surface area (Å²) < 4.78 is 22.2. The molecule has 0 fully saturated rings. The van der Waals surface area contributed by atoms with Gasteiger partial charge in [-0.25, -0.2) is 8.42 Å². The van der Waals surface area contributed by atoms with Crippen molar-refractivity contribution in [1.29, 1.82) is 0 Å². The van der Waals surface area contributed by atoms with E-state index < -0.39 is 9.84 Å². The highest BCUT2D eigenvalue weighted by molar-refractivity contribution is 7.94. The van der Waals surface area contributed by atoms with Crippen molar-refractivity contribution in [3.8, 4) is 0 Å². The Bertz CT molecular complexity index is 322. The molecule has 0 N–H and O–H groups in total. The fourth-order valence-electron chi connectivity index (χ4n) is 1.67. The fourth-order valence-corrected chi connectivity index (χ4v) is 3.37. The van der Waals surface area contributed by atoms with Crippen LogP contribution in [0.25, 0.3) is 0 Å². The third-order valence-electron chi connectivity index (χ3n) is 2.21. The highest BCUT2D eigenvalue weighted by atomic mass is 32.2. The molecule has 2 nitrogen and oxygen atoms in total. The van der Waals surface area contributed by atoms with Crippen molar-refractivity contribution in [2.24, 2.45) is 5.92 Å². The quantitative estimate of drug-likeness (QED) is 0.548. The summed E-state index contributed by atoms with van der Waals surface area (Å²) in [7, 11) is -2.84. The maximum absolute atomic E-state index is 11.1. The molecule has 1 heterocycles. The van der Waals surface area contributed by atoms with Crippen LogP contribution in [0.15, 0.2) is 23.1 Å². The Hall–Kier alpha value is -0.570. The molecule has 0 saturated carbocycles. The average molecular weight is 170 g/mol. The molecule has 0 bridgehead atoms. The minimum absolute atomic E-state index is 0.296. The van der Waals surface area contributed by atoms with Crippen LogP contribution < -0.4 is 0 Å². The van der Waals surface area contributed by atoms with Gasteiger partial charge in [0, 0.05) is 5.41 Å². The van der Waals surface area contributed by atoms with Gasteiger partial charge in [0.15, 0.2) is 9.84 Å². The van der Waals surface area contributed by atoms with Crippen LogP contribution in [0.2, 0.25) is 0 Å². The number of fused-ring (bicyclic) bond motifs is 1. The molecule has 60 valence electrons. The van der Waals surface area contributed by atoms with E-state index in [4.69, 9.17) is 0 Å². The normalized spacial score (nSPS) is 33.1. The highest BCUT2D eigenvalue weighted by Gasteiger charge is 2.28. The van der Waals surface area contributed by atoms with Gasteiger partial charge in [0.25, 0.3) is 0 Å². The molecular formula is C8H10O2S. The monoisotopic (exact) mass is 170 g/mol. The first-order chi connectivity index (χ1) is 5.17. The van der Waals surface area contributed by atoms with E-state index in [2.05, 4.69) is 0 Å². The van der Waals surface area contributed by atoms with Crippen molar-refractivity contribution in [3.05, 3.63) is 23.1 Å². The number of allylic oxidation sites excluding steroid dienone is 3. The molecule has 0 aromatic heterocycles. The Labute approximate surface area is 66.5 Å². The maximum atomic E-state index is 11.1. The number of sulfone groups is 1. The van der Waals surface area contributed by atoms with Crippen LogP contribution >= 0.6 is 0 Å². The van der Waals surface area contributed by atoms with Gasteiger partial charge < -0.3 is 0 Å². The first-order valence-electron chi connectivity index (χ1n) is 3.78. The van der Waals surface area contributed by atoms with E-state index in [1.807, 2.05) is 12.2 Å². The van der Waals surface area contributed by atoms with Gasteiger partial charge >= 0.3 is 0 Å². The molecule has 1 aliphatic heterocycles. The third-order valence-corrected chi connectivity index (χ3v) is 3.71. The van der Waals surface area contributed by atoms with Gasteiger partial charge in [-0.3, -0.25) is 0 Å². The number of hydrogen-bond acceptors (Lipinski definition) is 2. The molecule has 0 unspecified atom stereocenters. The number of hydrogen-bond donors (Lipinski definition) is 0. The molecule has 0 spiro atoms. The van der Waals surface area contributed by atoms with Gasteiger partial charge in [-0.15, -0.1) is 0 Å². The van der Waals surface area contributed by atoms with E-state index in [1.54, 1.807) is 0 Å². The van der Waals surface area contributed by atoms with Crippen LogP contribution in [0.1, 0.15) is 12.8 Å². The molecule has 11 heavy (non-hydrogen) atoms. The second-order valence-electron chi connectivity index (χ2n) is 3.12. The molecule has 1 atom stereocenters. The summed E-state index contributed by atoms with van der Waals surface area (Å²) in [6.45, 7) is 0. The van der Waals surface area contributed by atoms with E-state index in [0.29, 0.717) is 11.7 Å². The van der Waals surface area contributed by atoms with Crippen molar-refractivity contribution in [2.45, 2.75) is 12.8 Å². The van der Waals surface area contributed by atoms with Gasteiger partial charge in [-0.2, -0.15) is 0 Å². The molecule has 0 aromatic rings. The lowest BCUT2D eigenvalue weighted by atomic mass is 9.92. The molecule has 3 heteroatoms. The van der Waals surface area contributed by atoms with E-state index in [0.717, 1.165) is 18.4 Å². The summed E-state index contributed by atoms with van der Waals surface area (Å²) in [4.78, 5) is 0. The summed E-state index contributed by atoms with van der Waals surface area (Å²) in [6, 6.07) is 0. The van der Waals surface area contributed by atoms with Gasteiger partial charge in [0.1, 0.15) is 0 Å². The standard InChI is InChI=1S/C8H10O2S/c9-11(10)5-7-3-1-2-4-8(7)6-11/h1,3,5,8H,2,4,6H2/t8-/m0/s1. The van der Waals surface area contributed by atoms with Crippen LogP contribution in [0.5, 0.6) is 0 Å². The Morgan fingerprint density at radius 1 is 1.45 bits per heavy atom. The summed E-state index contributed by atoms with van der Waals surface area (Å²) in [5, 5.41) is 1.42. The second-order valence-corrected chi connectivity index (χ2v) is 5.02. The molecule has 0 saturated heterocycles. The zero-order chi connectivity index (χ0) is 7.90. The zero-order valence-electron chi connectivity index (χ0n) is 6.16. The topological polar surface area (TPSA) is 34.1 Å². The predicted molar refractivity (Wildman–Crippen MR) is 43.7 cm³/mol. The Morgan fingerprint density at radius 3 is 3.00 bits per heavy atom. The van der Waals surface area contributed by atoms with Crippen molar-refractivity contribution in [2.75, 3.05) is 5.75 Å². The van der Waals surface area contributed by atoms with Gasteiger partial charge in [-0.1, -0.05) is 12.2 Å². The van der Waals surface area contributed by atoms with Crippen molar-refractivity contribution in [1.82, 2.24) is 0 Å². The summed E-state index contributed by atoms with van der Waals surface area (Å²) in [5.41, 5.74) is 1.01. The van der Waals surface area contributed by atoms with Crippen LogP contribution in [-0.4, -0.2) is 14.2 Å². The van der Waals surface area contributed by atoms with Crippen LogP contribution in [0, 0.1) is 5.92 Å². The molecular weight excluding hydrogens is 160 g/mol. The Morgan fingerprint density at radius 2 is 2.27 bits per heavy atom. The first kappa shape index (κ1) is 7.10. The molecule has 0 amide bonds. The lowest BCUT2D eigenvalue weighted by molar-refractivity contribution is 0.584. The van der Waals surface area contributed by atoms with Crippen molar-refractivity contribution >= 4 is 9.84 Å².